The van der Waals surface area contributed by atoms with Gasteiger partial charge in [-0.2, -0.15) is 0 Å². The van der Waals surface area contributed by atoms with Crippen molar-refractivity contribution < 1.29 is 26.7 Å². The standard InChI is InChI=1S/C10H10N2O.C7H7NO.C3H5N.2C2H6.2CH4.BI2/c11-7-9-6-10(12-13-9)8-4-2-1-3-5-8;9-8-6-7-4-2-1-3-5-7;1-2-3-4;2*1-2;;;1-3-2/h1-6H,7,11H2;1-6,9H;1H,3-4H2;2*1-2H3;2*1H4;/q;;;;;;;-1. The Hall–Kier alpha value is -1.88. The van der Waals surface area contributed by atoms with Crippen LogP contribution in [0.15, 0.2) is 76.4 Å². The van der Waals surface area contributed by atoms with E-state index in [1.807, 2.05) is 94.4 Å². The Labute approximate surface area is 234 Å². The summed E-state index contributed by atoms with van der Waals surface area (Å²) in [5.41, 5.74) is 17.9. The first-order chi connectivity index (χ1) is 16.2. The number of aromatic nitrogens is 1. The second kappa shape index (κ2) is 36.7. The molecular formula is C26H42BI2N4O2-. The van der Waals surface area contributed by atoms with Crippen LogP contribution in [0.3, 0.4) is 0 Å². The quantitative estimate of drug-likeness (QED) is 0.0962. The number of hydrogen-bond acceptors (Lipinski definition) is 6. The average Bonchev–Trinajstić information content (AvgIpc) is 3.38. The molecule has 196 valence electrons. The summed E-state index contributed by atoms with van der Waals surface area (Å²) >= 11 is 2.24. The average molecular weight is 707 g/mol. The summed E-state index contributed by atoms with van der Waals surface area (Å²) in [6, 6.07) is 21.1. The van der Waals surface area contributed by atoms with Gasteiger partial charge in [0.25, 0.3) is 0 Å². The van der Waals surface area contributed by atoms with Crippen LogP contribution in [0.25, 0.3) is 11.3 Å². The molecule has 0 saturated heterocycles. The van der Waals surface area contributed by atoms with E-state index < -0.39 is 0 Å². The van der Waals surface area contributed by atoms with Gasteiger partial charge in [0.2, 0.25) is 0 Å². The van der Waals surface area contributed by atoms with Gasteiger partial charge in [0.05, 0.1) is 19.3 Å². The summed E-state index contributed by atoms with van der Waals surface area (Å²) in [5.74, 6) is 2.92. The molecule has 35 heavy (non-hydrogen) atoms. The van der Waals surface area contributed by atoms with E-state index >= 15 is 0 Å². The summed E-state index contributed by atoms with van der Waals surface area (Å²) in [4.78, 5) is 0. The first-order valence-electron chi connectivity index (χ1n) is 10.2. The molecule has 0 spiro atoms. The second-order valence-corrected chi connectivity index (χ2v) is 8.52. The predicted octanol–water partition coefficient (Wildman–Crippen LogP) is 3.71. The Morgan fingerprint density at radius 1 is 1.06 bits per heavy atom. The van der Waals surface area contributed by atoms with Crippen molar-refractivity contribution >= 4 is 30.5 Å². The molecule has 0 fully saturated rings. The molecule has 0 amide bonds. The van der Waals surface area contributed by atoms with Crippen LogP contribution in [-0.4, -0.2) is 28.8 Å². The second-order valence-electron chi connectivity index (χ2n) is 4.89. The third kappa shape index (κ3) is 26.6. The number of nitrogens with zero attached hydrogens (tertiary/aromatic N) is 2. The van der Waals surface area contributed by atoms with Crippen LogP contribution in [0.1, 0.15) is 53.9 Å². The van der Waals surface area contributed by atoms with Gasteiger partial charge in [0.15, 0.2) is 5.76 Å². The van der Waals surface area contributed by atoms with Crippen molar-refractivity contribution in [1.82, 2.24) is 5.16 Å². The van der Waals surface area contributed by atoms with Gasteiger partial charge in [-0.3, -0.25) is 0 Å². The molecule has 0 saturated carbocycles. The van der Waals surface area contributed by atoms with E-state index in [1.165, 1.54) is 6.21 Å². The molecule has 3 aromatic rings. The Kier molecular flexibility index (Phi) is 45.3. The van der Waals surface area contributed by atoms with Crippen LogP contribution in [0.4, 0.5) is 0 Å². The van der Waals surface area contributed by atoms with Crippen molar-refractivity contribution in [3.63, 3.8) is 0 Å². The van der Waals surface area contributed by atoms with E-state index in [4.69, 9.17) is 26.9 Å². The molecule has 1 heterocycles. The minimum absolute atomic E-state index is 0. The molecule has 3 rings (SSSR count). The third-order valence-electron chi connectivity index (χ3n) is 2.95. The molecule has 0 aliphatic heterocycles. The van der Waals surface area contributed by atoms with Gasteiger partial charge in [0.1, 0.15) is 5.69 Å². The van der Waals surface area contributed by atoms with Crippen LogP contribution in [0, 0.1) is 12.3 Å². The summed E-state index contributed by atoms with van der Waals surface area (Å²) in [6.07, 6.45) is 6.04. The molecule has 0 aliphatic carbocycles. The fourth-order valence-electron chi connectivity index (χ4n) is 1.76. The van der Waals surface area contributed by atoms with Crippen molar-refractivity contribution in [2.24, 2.45) is 16.6 Å². The molecule has 2 aromatic carbocycles. The topological polar surface area (TPSA) is 111 Å². The van der Waals surface area contributed by atoms with E-state index in [1.54, 1.807) is 0 Å². The normalized spacial score (nSPS) is 7.94. The SMILES string of the molecule is C.C.C#CCN.CC.CC.NCc1cc(-c2ccccc2)no1.ON=Cc1ccccc1.[B][I-]I. The number of rotatable bonds is 3. The first kappa shape index (κ1) is 43.2. The number of hydrogen-bond donors (Lipinski definition) is 3. The zero-order valence-electron chi connectivity index (χ0n) is 19.7. The molecule has 0 aliphatic rings. The van der Waals surface area contributed by atoms with Crippen molar-refractivity contribution in [3.8, 4) is 23.6 Å². The van der Waals surface area contributed by atoms with Crippen LogP contribution in [0.5, 0.6) is 0 Å². The molecule has 6 nitrogen and oxygen atoms in total. The molecule has 9 heteroatoms. The van der Waals surface area contributed by atoms with Crippen molar-refractivity contribution in [2.45, 2.75) is 49.1 Å². The maximum atomic E-state index is 8.09. The summed E-state index contributed by atoms with van der Waals surface area (Å²) < 4.78 is 4.99. The minimum atomic E-state index is 0. The summed E-state index contributed by atoms with van der Waals surface area (Å²) in [5, 5.41) is 14.9. The van der Waals surface area contributed by atoms with Crippen molar-refractivity contribution in [3.05, 3.63) is 78.1 Å². The summed E-state index contributed by atoms with van der Waals surface area (Å²) in [6.45, 7) is 8.74. The Morgan fingerprint density at radius 3 is 1.83 bits per heavy atom. The van der Waals surface area contributed by atoms with Crippen LogP contribution >= 0.6 is 18.6 Å². The third-order valence-corrected chi connectivity index (χ3v) is 2.95. The van der Waals surface area contributed by atoms with Crippen LogP contribution in [-0.2, 0) is 6.54 Å². The van der Waals surface area contributed by atoms with E-state index in [0.29, 0.717) is 18.8 Å². The van der Waals surface area contributed by atoms with Gasteiger partial charge in [-0.05, 0) is 5.56 Å². The van der Waals surface area contributed by atoms with E-state index in [0.717, 1.165) is 16.8 Å². The summed E-state index contributed by atoms with van der Waals surface area (Å²) in [7, 11) is 0. The van der Waals surface area contributed by atoms with Crippen molar-refractivity contribution in [2.75, 3.05) is 6.54 Å². The van der Waals surface area contributed by atoms with Crippen LogP contribution in [0.2, 0.25) is 0 Å². The fraction of sp³-hybridized carbons (Fsp3) is 0.308. The number of halogens is 2. The maximum absolute atomic E-state index is 8.09. The first-order valence-corrected chi connectivity index (χ1v) is 17.7. The van der Waals surface area contributed by atoms with Gasteiger partial charge in [0, 0.05) is 11.6 Å². The molecule has 5 N–H and O–H groups in total. The van der Waals surface area contributed by atoms with Gasteiger partial charge >= 0.3 is 41.3 Å². The van der Waals surface area contributed by atoms with E-state index in [9.17, 15) is 0 Å². The monoisotopic (exact) mass is 707 g/mol. The van der Waals surface area contributed by atoms with E-state index in [-0.39, 0.29) is 31.9 Å². The Bertz CT molecular complexity index is 828. The molecule has 2 radical (unpaired) electrons. The molecule has 0 unspecified atom stereocenters. The Balaban J connectivity index is -0.000000120. The molecule has 1 aromatic heterocycles. The number of terminal acetylenes is 1. The molecular weight excluding hydrogens is 665 g/mol. The number of nitrogens with two attached hydrogens (primary N) is 2. The van der Waals surface area contributed by atoms with Gasteiger partial charge in [-0.25, -0.2) is 0 Å². The van der Waals surface area contributed by atoms with E-state index in [2.05, 4.69) is 41.3 Å². The van der Waals surface area contributed by atoms with Gasteiger partial charge in [-0.15, -0.1) is 6.42 Å². The van der Waals surface area contributed by atoms with Crippen molar-refractivity contribution in [1.29, 1.82) is 0 Å². The zero-order valence-corrected chi connectivity index (χ0v) is 24.0. The zero-order chi connectivity index (χ0) is 25.7. The number of benzene rings is 2. The molecule has 0 bridgehead atoms. The Morgan fingerprint density at radius 2 is 1.49 bits per heavy atom. The fourth-order valence-corrected chi connectivity index (χ4v) is 1.76. The molecule has 0 atom stereocenters. The van der Waals surface area contributed by atoms with Gasteiger partial charge in [-0.1, -0.05) is 119 Å². The predicted molar refractivity (Wildman–Crippen MR) is 159 cm³/mol. The number of oxime groups is 1. The van der Waals surface area contributed by atoms with Crippen LogP contribution < -0.4 is 28.5 Å². The van der Waals surface area contributed by atoms with Gasteiger partial charge < -0.3 is 21.2 Å².